The molecule has 0 fully saturated rings. The number of carbonyl (C=O) groups excluding carboxylic acids is 1. The van der Waals surface area contributed by atoms with E-state index in [2.05, 4.69) is 10.00 Å². The number of hydrogen-bond donors (Lipinski definition) is 0. The molecular weight excluding hydrogens is 370 g/mol. The van der Waals surface area contributed by atoms with Crippen molar-refractivity contribution < 1.29 is 4.79 Å². The van der Waals surface area contributed by atoms with Gasteiger partial charge in [-0.2, -0.15) is 5.10 Å². The van der Waals surface area contributed by atoms with Crippen molar-refractivity contribution in [3.8, 4) is 0 Å². The van der Waals surface area contributed by atoms with Crippen molar-refractivity contribution in [1.29, 1.82) is 0 Å². The van der Waals surface area contributed by atoms with Crippen molar-refractivity contribution in [2.24, 2.45) is 7.05 Å². The van der Waals surface area contributed by atoms with Gasteiger partial charge in [-0.15, -0.1) is 12.4 Å². The van der Waals surface area contributed by atoms with Crippen LogP contribution >= 0.6 is 23.7 Å². The largest absolute Gasteiger partial charge is 0.308 e. The first-order valence-electron chi connectivity index (χ1n) is 8.20. The molecule has 0 aliphatic rings. The predicted octanol–water partition coefficient (Wildman–Crippen LogP) is 3.28. The second kappa shape index (κ2) is 8.16. The maximum absolute atomic E-state index is 13.2. The molecule has 1 aromatic carbocycles. The highest BCUT2D eigenvalue weighted by molar-refractivity contribution is 7.22. The van der Waals surface area contributed by atoms with E-state index in [4.69, 9.17) is 4.98 Å². The molecule has 0 saturated carbocycles. The Morgan fingerprint density at radius 3 is 2.50 bits per heavy atom. The van der Waals surface area contributed by atoms with E-state index >= 15 is 0 Å². The lowest BCUT2D eigenvalue weighted by Gasteiger charge is -2.22. The Kier molecular flexibility index (Phi) is 6.39. The minimum Gasteiger partial charge on any atom is -0.308 e. The molecule has 0 saturated heterocycles. The number of halogens is 1. The molecule has 0 N–H and O–H groups in total. The van der Waals surface area contributed by atoms with Crippen molar-refractivity contribution in [3.63, 3.8) is 0 Å². The lowest BCUT2D eigenvalue weighted by molar-refractivity contribution is 0.0975. The molecule has 0 bridgehead atoms. The van der Waals surface area contributed by atoms with Crippen LogP contribution in [0.1, 0.15) is 21.6 Å². The van der Waals surface area contributed by atoms with Gasteiger partial charge >= 0.3 is 0 Å². The lowest BCUT2D eigenvalue weighted by Crippen LogP contribution is -2.38. The van der Waals surface area contributed by atoms with E-state index < -0.39 is 0 Å². The average molecular weight is 394 g/mol. The summed E-state index contributed by atoms with van der Waals surface area (Å²) < 4.78 is 2.73. The minimum atomic E-state index is -0.0592. The minimum absolute atomic E-state index is 0. The van der Waals surface area contributed by atoms with E-state index in [0.717, 1.165) is 33.0 Å². The molecule has 2 aromatic heterocycles. The van der Waals surface area contributed by atoms with Crippen LogP contribution in [-0.4, -0.2) is 52.8 Å². The number of thiazole rings is 1. The number of aryl methyl sites for hydroxylation is 3. The van der Waals surface area contributed by atoms with Crippen molar-refractivity contribution in [3.05, 3.63) is 41.2 Å². The Morgan fingerprint density at radius 2 is 1.92 bits per heavy atom. The molecule has 6 nitrogen and oxygen atoms in total. The Labute approximate surface area is 163 Å². The van der Waals surface area contributed by atoms with E-state index in [1.807, 2.05) is 46.1 Å². The van der Waals surface area contributed by atoms with Gasteiger partial charge in [0.05, 0.1) is 16.4 Å². The van der Waals surface area contributed by atoms with Crippen LogP contribution in [0.15, 0.2) is 24.4 Å². The highest BCUT2D eigenvalue weighted by atomic mass is 35.5. The molecule has 0 unspecified atom stereocenters. The molecule has 3 rings (SSSR count). The summed E-state index contributed by atoms with van der Waals surface area (Å²) in [6.45, 7) is 5.29. The van der Waals surface area contributed by atoms with Gasteiger partial charge in [-0.05, 0) is 45.1 Å². The zero-order chi connectivity index (χ0) is 18.1. The summed E-state index contributed by atoms with van der Waals surface area (Å²) in [5, 5.41) is 4.94. The summed E-state index contributed by atoms with van der Waals surface area (Å²) in [5.74, 6) is -0.0592. The molecule has 0 atom stereocenters. The van der Waals surface area contributed by atoms with Gasteiger partial charge in [-0.3, -0.25) is 14.4 Å². The third-order valence-electron chi connectivity index (χ3n) is 4.18. The first kappa shape index (κ1) is 20.4. The first-order valence-corrected chi connectivity index (χ1v) is 9.01. The number of carbonyl (C=O) groups is 1. The summed E-state index contributed by atoms with van der Waals surface area (Å²) in [4.78, 5) is 21.8. The van der Waals surface area contributed by atoms with E-state index in [1.54, 1.807) is 34.2 Å². The van der Waals surface area contributed by atoms with Crippen LogP contribution in [0.25, 0.3) is 10.2 Å². The number of benzene rings is 1. The molecule has 1 amide bonds. The topological polar surface area (TPSA) is 54.3 Å². The number of hydrogen-bond acceptors (Lipinski definition) is 5. The van der Waals surface area contributed by atoms with Crippen LogP contribution < -0.4 is 4.90 Å². The van der Waals surface area contributed by atoms with Gasteiger partial charge in [-0.25, -0.2) is 4.98 Å². The molecule has 2 heterocycles. The molecular formula is C18H24ClN5OS. The van der Waals surface area contributed by atoms with Crippen LogP contribution in [0.4, 0.5) is 5.13 Å². The summed E-state index contributed by atoms with van der Waals surface area (Å²) in [5.41, 5.74) is 3.57. The highest BCUT2D eigenvalue weighted by Crippen LogP contribution is 2.31. The zero-order valence-corrected chi connectivity index (χ0v) is 17.3. The van der Waals surface area contributed by atoms with Crippen LogP contribution in [0.2, 0.25) is 0 Å². The normalized spacial score (nSPS) is 11.0. The Bertz CT molecular complexity index is 898. The lowest BCUT2D eigenvalue weighted by atomic mass is 10.2. The molecule has 3 aromatic rings. The summed E-state index contributed by atoms with van der Waals surface area (Å²) in [6, 6.07) is 6.12. The van der Waals surface area contributed by atoms with Gasteiger partial charge in [0.2, 0.25) is 0 Å². The number of likely N-dealkylation sites (N-methyl/N-ethyl adjacent to an activating group) is 1. The monoisotopic (exact) mass is 393 g/mol. The summed E-state index contributed by atoms with van der Waals surface area (Å²) >= 11 is 1.55. The van der Waals surface area contributed by atoms with Crippen molar-refractivity contribution in [1.82, 2.24) is 19.7 Å². The molecule has 26 heavy (non-hydrogen) atoms. The van der Waals surface area contributed by atoms with Gasteiger partial charge in [0.25, 0.3) is 5.91 Å². The number of aromatic nitrogens is 3. The summed E-state index contributed by atoms with van der Waals surface area (Å²) in [6.07, 6.45) is 1.72. The molecule has 140 valence electrons. The van der Waals surface area contributed by atoms with E-state index in [0.29, 0.717) is 12.2 Å². The van der Waals surface area contributed by atoms with Crippen LogP contribution in [0.3, 0.4) is 0 Å². The average Bonchev–Trinajstić information content (AvgIpc) is 3.11. The fourth-order valence-electron chi connectivity index (χ4n) is 2.76. The van der Waals surface area contributed by atoms with Crippen molar-refractivity contribution in [2.45, 2.75) is 13.8 Å². The standard InChI is InChI=1S/C18H23N5OS.ClH/c1-12-7-6-8-14-15(12)20-18(25-14)23(10-9-21(3)4)17(24)16-13(2)11-19-22(16)5;/h6-8,11H,9-10H2,1-5H3;1H. The maximum atomic E-state index is 13.2. The zero-order valence-electron chi connectivity index (χ0n) is 15.7. The van der Waals surface area contributed by atoms with E-state index in [-0.39, 0.29) is 18.3 Å². The van der Waals surface area contributed by atoms with Gasteiger partial charge in [-0.1, -0.05) is 23.5 Å². The Balaban J connectivity index is 0.00000243. The predicted molar refractivity (Wildman–Crippen MR) is 110 cm³/mol. The second-order valence-corrected chi connectivity index (χ2v) is 7.49. The van der Waals surface area contributed by atoms with Crippen LogP contribution in [0.5, 0.6) is 0 Å². The second-order valence-electron chi connectivity index (χ2n) is 6.48. The number of fused-ring (bicyclic) bond motifs is 1. The fourth-order valence-corrected chi connectivity index (χ4v) is 3.82. The van der Waals surface area contributed by atoms with E-state index in [1.165, 1.54) is 0 Å². The van der Waals surface area contributed by atoms with Gasteiger partial charge < -0.3 is 4.90 Å². The number of nitrogens with zero attached hydrogens (tertiary/aromatic N) is 5. The SMILES string of the molecule is Cc1cnn(C)c1C(=O)N(CCN(C)C)c1nc2c(C)cccc2s1.Cl. The number of anilines is 1. The number of para-hydroxylation sites is 1. The van der Waals surface area contributed by atoms with Crippen molar-refractivity contribution >= 4 is 45.0 Å². The third kappa shape index (κ3) is 3.90. The fraction of sp³-hybridized carbons (Fsp3) is 0.389. The molecule has 0 aliphatic carbocycles. The van der Waals surface area contributed by atoms with Gasteiger partial charge in [0.1, 0.15) is 5.69 Å². The molecule has 0 aliphatic heterocycles. The molecule has 8 heteroatoms. The van der Waals surface area contributed by atoms with Gasteiger partial charge in [0.15, 0.2) is 5.13 Å². The third-order valence-corrected chi connectivity index (χ3v) is 5.22. The Hall–Kier alpha value is -1.96. The van der Waals surface area contributed by atoms with E-state index in [9.17, 15) is 4.79 Å². The smallest absolute Gasteiger partial charge is 0.278 e. The number of rotatable bonds is 5. The maximum Gasteiger partial charge on any atom is 0.278 e. The van der Waals surface area contributed by atoms with Crippen molar-refractivity contribution in [2.75, 3.05) is 32.1 Å². The quantitative estimate of drug-likeness (QED) is 0.667. The highest BCUT2D eigenvalue weighted by Gasteiger charge is 2.25. The molecule has 0 spiro atoms. The Morgan fingerprint density at radius 1 is 1.19 bits per heavy atom. The van der Waals surface area contributed by atoms with Gasteiger partial charge in [0, 0.05) is 20.1 Å². The molecule has 0 radical (unpaired) electrons. The first-order chi connectivity index (χ1) is 11.9. The van der Waals surface area contributed by atoms with Crippen LogP contribution in [-0.2, 0) is 7.05 Å². The van der Waals surface area contributed by atoms with Crippen LogP contribution in [0, 0.1) is 13.8 Å². The summed E-state index contributed by atoms with van der Waals surface area (Å²) in [7, 11) is 5.80. The number of amides is 1.